The van der Waals surface area contributed by atoms with Gasteiger partial charge in [0.2, 0.25) is 0 Å². The first-order valence-corrected chi connectivity index (χ1v) is 7.62. The van der Waals surface area contributed by atoms with Crippen LogP contribution in [0.5, 0.6) is 0 Å². The van der Waals surface area contributed by atoms with Crippen molar-refractivity contribution in [1.29, 1.82) is 0 Å². The third kappa shape index (κ3) is 3.84. The van der Waals surface area contributed by atoms with Gasteiger partial charge in [-0.25, -0.2) is 9.37 Å². The van der Waals surface area contributed by atoms with E-state index in [1.54, 1.807) is 12.3 Å². The fourth-order valence-corrected chi connectivity index (χ4v) is 3.13. The molecule has 0 saturated heterocycles. The van der Waals surface area contributed by atoms with Crippen LogP contribution in [0.4, 0.5) is 4.39 Å². The lowest BCUT2D eigenvalue weighted by molar-refractivity contribution is 0.426. The van der Waals surface area contributed by atoms with E-state index in [2.05, 4.69) is 47.0 Å². The van der Waals surface area contributed by atoms with E-state index in [1.807, 2.05) is 6.07 Å². The second-order valence-electron chi connectivity index (χ2n) is 5.33. The highest BCUT2D eigenvalue weighted by molar-refractivity contribution is 9.10. The van der Waals surface area contributed by atoms with Crippen LogP contribution >= 0.6 is 27.3 Å². The first-order chi connectivity index (χ1) is 8.87. The molecule has 19 heavy (non-hydrogen) atoms. The third-order valence-corrected chi connectivity index (χ3v) is 4.20. The van der Waals surface area contributed by atoms with Crippen molar-refractivity contribution in [2.45, 2.75) is 32.9 Å². The molecule has 0 aliphatic heterocycles. The summed E-state index contributed by atoms with van der Waals surface area (Å²) in [5.41, 5.74) is 0.595. The van der Waals surface area contributed by atoms with Crippen LogP contribution in [0.1, 0.15) is 25.6 Å². The number of nitrogens with zero attached hydrogens (tertiary/aromatic N) is 1. The molecule has 0 saturated carbocycles. The van der Waals surface area contributed by atoms with Crippen LogP contribution in [0.15, 0.2) is 28.9 Å². The van der Waals surface area contributed by atoms with Gasteiger partial charge in [0.25, 0.3) is 0 Å². The summed E-state index contributed by atoms with van der Waals surface area (Å²) >= 11 is 4.89. The third-order valence-electron chi connectivity index (χ3n) is 2.52. The van der Waals surface area contributed by atoms with E-state index in [0.29, 0.717) is 10.6 Å². The molecule has 0 spiro atoms. The summed E-state index contributed by atoms with van der Waals surface area (Å²) in [7, 11) is 0. The highest BCUT2D eigenvalue weighted by Gasteiger charge is 2.14. The van der Waals surface area contributed by atoms with Gasteiger partial charge >= 0.3 is 0 Å². The Morgan fingerprint density at radius 2 is 2.11 bits per heavy atom. The van der Waals surface area contributed by atoms with Gasteiger partial charge in [-0.2, -0.15) is 0 Å². The van der Waals surface area contributed by atoms with Crippen LogP contribution in [-0.2, 0) is 6.54 Å². The van der Waals surface area contributed by atoms with E-state index >= 15 is 0 Å². The van der Waals surface area contributed by atoms with Crippen LogP contribution < -0.4 is 5.32 Å². The molecular weight excluding hydrogens is 327 g/mol. The Morgan fingerprint density at radius 3 is 2.74 bits per heavy atom. The summed E-state index contributed by atoms with van der Waals surface area (Å²) in [5.74, 6) is -0.251. The summed E-state index contributed by atoms with van der Waals surface area (Å²) in [6.07, 6.45) is 1.80. The molecule has 1 aromatic heterocycles. The highest BCUT2D eigenvalue weighted by Crippen LogP contribution is 2.33. The summed E-state index contributed by atoms with van der Waals surface area (Å²) in [6, 6.07) is 4.96. The molecule has 1 aromatic carbocycles. The topological polar surface area (TPSA) is 24.9 Å². The maximum atomic E-state index is 13.8. The quantitative estimate of drug-likeness (QED) is 0.881. The van der Waals surface area contributed by atoms with Crippen molar-refractivity contribution in [2.24, 2.45) is 0 Å². The van der Waals surface area contributed by atoms with Gasteiger partial charge in [-0.15, -0.1) is 11.3 Å². The molecule has 0 aliphatic rings. The van der Waals surface area contributed by atoms with Crippen LogP contribution in [-0.4, -0.2) is 10.5 Å². The molecule has 0 aliphatic carbocycles. The van der Waals surface area contributed by atoms with Crippen molar-refractivity contribution < 1.29 is 4.39 Å². The molecule has 102 valence electrons. The molecule has 0 bridgehead atoms. The summed E-state index contributed by atoms with van der Waals surface area (Å²) in [6.45, 7) is 7.08. The van der Waals surface area contributed by atoms with Crippen molar-refractivity contribution in [3.63, 3.8) is 0 Å². The molecule has 0 radical (unpaired) electrons. The lowest BCUT2D eigenvalue weighted by Gasteiger charge is -2.19. The first kappa shape index (κ1) is 14.6. The van der Waals surface area contributed by atoms with Crippen LogP contribution in [0.25, 0.3) is 10.6 Å². The van der Waals surface area contributed by atoms with E-state index in [1.165, 1.54) is 17.4 Å². The molecule has 2 rings (SSSR count). The number of halogens is 2. The SMILES string of the molecule is CC(C)(C)NCc1cnc(-c2c(F)cccc2Br)s1. The van der Waals surface area contributed by atoms with Gasteiger partial charge in [0.1, 0.15) is 10.8 Å². The van der Waals surface area contributed by atoms with E-state index in [9.17, 15) is 4.39 Å². The zero-order valence-corrected chi connectivity index (χ0v) is 13.5. The molecule has 1 heterocycles. The number of hydrogen-bond acceptors (Lipinski definition) is 3. The average Bonchev–Trinajstić information content (AvgIpc) is 2.74. The minimum Gasteiger partial charge on any atom is -0.307 e. The molecule has 0 fully saturated rings. The predicted octanol–water partition coefficient (Wildman–Crippen LogP) is 4.60. The maximum Gasteiger partial charge on any atom is 0.134 e. The van der Waals surface area contributed by atoms with Gasteiger partial charge in [0.15, 0.2) is 0 Å². The lowest BCUT2D eigenvalue weighted by Crippen LogP contribution is -2.34. The lowest BCUT2D eigenvalue weighted by atomic mass is 10.1. The van der Waals surface area contributed by atoms with E-state index in [4.69, 9.17) is 0 Å². The Hall–Kier alpha value is -0.780. The monoisotopic (exact) mass is 342 g/mol. The van der Waals surface area contributed by atoms with Gasteiger partial charge in [-0.1, -0.05) is 6.07 Å². The van der Waals surface area contributed by atoms with Gasteiger partial charge in [0.05, 0.1) is 5.56 Å². The number of aromatic nitrogens is 1. The molecule has 0 amide bonds. The first-order valence-electron chi connectivity index (χ1n) is 6.01. The van der Waals surface area contributed by atoms with Crippen LogP contribution in [0.2, 0.25) is 0 Å². The normalized spacial score (nSPS) is 11.8. The summed E-state index contributed by atoms with van der Waals surface area (Å²) in [4.78, 5) is 5.41. The fourth-order valence-electron chi connectivity index (χ4n) is 1.56. The Balaban J connectivity index is 2.22. The Labute approximate surface area is 125 Å². The standard InChI is InChI=1S/C14H16BrFN2S/c1-14(2,3)18-8-9-7-17-13(19-9)12-10(15)5-4-6-11(12)16/h4-7,18H,8H2,1-3H3. The molecule has 2 aromatic rings. The Bertz CT molecular complexity index is 555. The molecule has 0 unspecified atom stereocenters. The second-order valence-corrected chi connectivity index (χ2v) is 7.30. The zero-order valence-electron chi connectivity index (χ0n) is 11.1. The van der Waals surface area contributed by atoms with Gasteiger partial charge in [-0.3, -0.25) is 0 Å². The second kappa shape index (κ2) is 5.69. The van der Waals surface area contributed by atoms with Crippen molar-refractivity contribution in [1.82, 2.24) is 10.3 Å². The van der Waals surface area contributed by atoms with Crippen LogP contribution in [0.3, 0.4) is 0 Å². The summed E-state index contributed by atoms with van der Waals surface area (Å²) < 4.78 is 14.6. The van der Waals surface area contributed by atoms with Crippen LogP contribution in [0, 0.1) is 5.82 Å². The Morgan fingerprint density at radius 1 is 1.37 bits per heavy atom. The zero-order chi connectivity index (χ0) is 14.0. The molecule has 5 heteroatoms. The largest absolute Gasteiger partial charge is 0.307 e. The minimum atomic E-state index is -0.251. The number of nitrogens with one attached hydrogen (secondary N) is 1. The Kier molecular flexibility index (Phi) is 4.38. The molecular formula is C14H16BrFN2S. The number of rotatable bonds is 3. The van der Waals surface area contributed by atoms with E-state index in [-0.39, 0.29) is 11.4 Å². The van der Waals surface area contributed by atoms with Crippen molar-refractivity contribution in [3.05, 3.63) is 39.6 Å². The van der Waals surface area contributed by atoms with E-state index in [0.717, 1.165) is 15.9 Å². The van der Waals surface area contributed by atoms with E-state index < -0.39 is 0 Å². The molecule has 2 nitrogen and oxygen atoms in total. The number of benzene rings is 1. The van der Waals surface area contributed by atoms with Gasteiger partial charge < -0.3 is 5.32 Å². The molecule has 0 atom stereocenters. The fraction of sp³-hybridized carbons (Fsp3) is 0.357. The van der Waals surface area contributed by atoms with Gasteiger partial charge in [0, 0.05) is 27.6 Å². The van der Waals surface area contributed by atoms with Crippen molar-refractivity contribution in [2.75, 3.05) is 0 Å². The average molecular weight is 343 g/mol. The smallest absolute Gasteiger partial charge is 0.134 e. The highest BCUT2D eigenvalue weighted by atomic mass is 79.9. The summed E-state index contributed by atoms with van der Waals surface area (Å²) in [5, 5.41) is 4.10. The number of hydrogen-bond donors (Lipinski definition) is 1. The minimum absolute atomic E-state index is 0.0583. The van der Waals surface area contributed by atoms with Gasteiger partial charge in [-0.05, 0) is 48.8 Å². The maximum absolute atomic E-state index is 13.8. The van der Waals surface area contributed by atoms with Crippen molar-refractivity contribution in [3.8, 4) is 10.6 Å². The predicted molar refractivity (Wildman–Crippen MR) is 81.8 cm³/mol. The molecule has 1 N–H and O–H groups in total. The number of thiazole rings is 1. The van der Waals surface area contributed by atoms with Crippen molar-refractivity contribution >= 4 is 27.3 Å².